The first-order chi connectivity index (χ1) is 16.9. The summed E-state index contributed by atoms with van der Waals surface area (Å²) < 4.78 is 12.2. The van der Waals surface area contributed by atoms with Crippen LogP contribution < -0.4 is 4.74 Å². The predicted octanol–water partition coefficient (Wildman–Crippen LogP) is 7.20. The van der Waals surface area contributed by atoms with E-state index in [1.807, 2.05) is 12.1 Å². The first kappa shape index (κ1) is 28.9. The van der Waals surface area contributed by atoms with E-state index in [4.69, 9.17) is 9.47 Å². The molecule has 0 radical (unpaired) electrons. The van der Waals surface area contributed by atoms with E-state index in [0.717, 1.165) is 36.2 Å². The van der Waals surface area contributed by atoms with E-state index in [0.29, 0.717) is 6.61 Å². The highest BCUT2D eigenvalue weighted by Crippen LogP contribution is 2.18. The highest BCUT2D eigenvalue weighted by molar-refractivity contribution is 5.72. The van der Waals surface area contributed by atoms with Gasteiger partial charge in [0.1, 0.15) is 31.4 Å². The molecule has 0 aromatic heterocycles. The van der Waals surface area contributed by atoms with Crippen molar-refractivity contribution in [3.8, 4) is 5.75 Å². The molecule has 0 aliphatic rings. The number of aryl methyl sites for hydroxylation is 1. The molecule has 35 heavy (non-hydrogen) atoms. The number of rotatable bonds is 18. The van der Waals surface area contributed by atoms with Gasteiger partial charge in [0, 0.05) is 5.56 Å². The number of benzene rings is 2. The van der Waals surface area contributed by atoms with Crippen LogP contribution >= 0.6 is 0 Å². The van der Waals surface area contributed by atoms with Crippen LogP contribution in [0.15, 0.2) is 54.6 Å². The molecule has 0 spiro atoms. The Balaban J connectivity index is 1.68. The molecule has 4 nitrogen and oxygen atoms in total. The molecule has 0 aliphatic carbocycles. The van der Waals surface area contributed by atoms with E-state index in [2.05, 4.69) is 70.4 Å². The number of hydrogen-bond acceptors (Lipinski definition) is 3. The SMILES string of the molecule is CCCCCCCCCc1cccc(OCCOC(=O)C(CC)C[N+](C)(C)Cc2ccccc2)c1. The van der Waals surface area contributed by atoms with E-state index in [-0.39, 0.29) is 18.5 Å². The Hall–Kier alpha value is -2.33. The molecule has 2 aromatic carbocycles. The number of quaternary nitrogens is 1. The molecule has 0 amide bonds. The van der Waals surface area contributed by atoms with Crippen LogP contribution in [-0.4, -0.2) is 44.3 Å². The lowest BCUT2D eigenvalue weighted by molar-refractivity contribution is -0.906. The predicted molar refractivity (Wildman–Crippen MR) is 145 cm³/mol. The Labute approximate surface area is 214 Å². The number of esters is 1. The maximum absolute atomic E-state index is 12.7. The van der Waals surface area contributed by atoms with E-state index in [9.17, 15) is 4.79 Å². The number of ether oxygens (including phenoxy) is 2. The number of unbranched alkanes of at least 4 members (excludes halogenated alkanes) is 6. The molecular formula is C31H48NO3+. The van der Waals surface area contributed by atoms with Crippen LogP contribution in [0.25, 0.3) is 0 Å². The standard InChI is InChI=1S/C31H48NO3/c1-5-7-8-9-10-11-13-17-27-20-16-21-30(24-27)34-22-23-35-31(33)29(6-2)26-32(3,4)25-28-18-14-12-15-19-28/h12,14-16,18-21,24,29H,5-11,13,17,22-23,25-26H2,1-4H3/q+1. The van der Waals surface area contributed by atoms with Crippen LogP contribution in [0, 0.1) is 5.92 Å². The van der Waals surface area contributed by atoms with Gasteiger partial charge in [-0.15, -0.1) is 0 Å². The Morgan fingerprint density at radius 2 is 1.51 bits per heavy atom. The maximum atomic E-state index is 12.7. The highest BCUT2D eigenvalue weighted by atomic mass is 16.6. The van der Waals surface area contributed by atoms with Gasteiger partial charge >= 0.3 is 5.97 Å². The minimum Gasteiger partial charge on any atom is -0.490 e. The summed E-state index contributed by atoms with van der Waals surface area (Å²) in [5.74, 6) is 0.622. The van der Waals surface area contributed by atoms with Gasteiger partial charge in [-0.2, -0.15) is 0 Å². The van der Waals surface area contributed by atoms with E-state index >= 15 is 0 Å². The molecule has 0 bridgehead atoms. The molecule has 0 saturated carbocycles. The van der Waals surface area contributed by atoms with Gasteiger partial charge in [0.2, 0.25) is 0 Å². The maximum Gasteiger partial charge on any atom is 0.314 e. The topological polar surface area (TPSA) is 35.5 Å². The Morgan fingerprint density at radius 1 is 0.829 bits per heavy atom. The Bertz CT molecular complexity index is 834. The molecule has 194 valence electrons. The molecule has 0 aliphatic heterocycles. The van der Waals surface area contributed by atoms with Crippen molar-refractivity contribution in [1.82, 2.24) is 0 Å². The number of hydrogen-bond donors (Lipinski definition) is 0. The monoisotopic (exact) mass is 482 g/mol. The first-order valence-corrected chi connectivity index (χ1v) is 13.7. The third-order valence-electron chi connectivity index (χ3n) is 6.56. The third-order valence-corrected chi connectivity index (χ3v) is 6.56. The summed E-state index contributed by atoms with van der Waals surface area (Å²) in [5, 5.41) is 0. The largest absolute Gasteiger partial charge is 0.490 e. The lowest BCUT2D eigenvalue weighted by Gasteiger charge is -2.32. The molecule has 0 heterocycles. The van der Waals surface area contributed by atoms with Gasteiger partial charge in [0.15, 0.2) is 0 Å². The third kappa shape index (κ3) is 12.3. The van der Waals surface area contributed by atoms with E-state index < -0.39 is 0 Å². The molecule has 4 heteroatoms. The summed E-state index contributed by atoms with van der Waals surface area (Å²) >= 11 is 0. The molecule has 2 rings (SSSR count). The van der Waals surface area contributed by atoms with Crippen molar-refractivity contribution < 1.29 is 18.8 Å². The van der Waals surface area contributed by atoms with Crippen LogP contribution in [0.4, 0.5) is 0 Å². The lowest BCUT2D eigenvalue weighted by Crippen LogP contribution is -2.44. The van der Waals surface area contributed by atoms with Crippen LogP contribution in [-0.2, 0) is 22.5 Å². The summed E-state index contributed by atoms with van der Waals surface area (Å²) in [5.41, 5.74) is 2.60. The van der Waals surface area contributed by atoms with Crippen LogP contribution in [0.3, 0.4) is 0 Å². The minimum absolute atomic E-state index is 0.112. The lowest BCUT2D eigenvalue weighted by atomic mass is 10.0. The molecule has 2 aromatic rings. The van der Waals surface area contributed by atoms with Gasteiger partial charge in [-0.25, -0.2) is 0 Å². The van der Waals surface area contributed by atoms with Gasteiger partial charge in [-0.3, -0.25) is 4.79 Å². The minimum atomic E-state index is -0.122. The van der Waals surface area contributed by atoms with Crippen LogP contribution in [0.1, 0.15) is 76.3 Å². The van der Waals surface area contributed by atoms with Gasteiger partial charge < -0.3 is 14.0 Å². The number of carbonyl (C=O) groups is 1. The second-order valence-corrected chi connectivity index (χ2v) is 10.4. The van der Waals surface area contributed by atoms with Gasteiger partial charge in [-0.1, -0.05) is 94.8 Å². The molecule has 0 fully saturated rings. The average Bonchev–Trinajstić information content (AvgIpc) is 2.85. The average molecular weight is 483 g/mol. The summed E-state index contributed by atoms with van der Waals surface area (Å²) in [6.45, 7) is 6.63. The quantitative estimate of drug-likeness (QED) is 0.128. The molecule has 0 saturated heterocycles. The van der Waals surface area contributed by atoms with Crippen molar-refractivity contribution in [2.24, 2.45) is 5.92 Å². The zero-order chi connectivity index (χ0) is 25.4. The fraction of sp³-hybridized carbons (Fsp3) is 0.581. The summed E-state index contributed by atoms with van der Waals surface area (Å²) in [6, 6.07) is 18.8. The van der Waals surface area contributed by atoms with E-state index in [1.165, 1.54) is 56.1 Å². The fourth-order valence-electron chi connectivity index (χ4n) is 4.61. The first-order valence-electron chi connectivity index (χ1n) is 13.7. The van der Waals surface area contributed by atoms with Crippen molar-refractivity contribution in [1.29, 1.82) is 0 Å². The van der Waals surface area contributed by atoms with Crippen LogP contribution in [0.5, 0.6) is 5.75 Å². The Kier molecular flexibility index (Phi) is 13.5. The molecular weight excluding hydrogens is 434 g/mol. The smallest absolute Gasteiger partial charge is 0.314 e. The van der Waals surface area contributed by atoms with Crippen molar-refractivity contribution in [3.63, 3.8) is 0 Å². The zero-order valence-corrected chi connectivity index (χ0v) is 22.6. The molecule has 1 unspecified atom stereocenters. The fourth-order valence-corrected chi connectivity index (χ4v) is 4.61. The van der Waals surface area contributed by atoms with Crippen LogP contribution in [0.2, 0.25) is 0 Å². The Morgan fingerprint density at radius 3 is 2.23 bits per heavy atom. The van der Waals surface area contributed by atoms with Crippen molar-refractivity contribution in [2.75, 3.05) is 33.9 Å². The number of carbonyl (C=O) groups excluding carboxylic acids is 1. The van der Waals surface area contributed by atoms with Gasteiger partial charge in [0.05, 0.1) is 20.6 Å². The molecule has 0 N–H and O–H groups in total. The highest BCUT2D eigenvalue weighted by Gasteiger charge is 2.28. The normalized spacial score (nSPS) is 12.3. The van der Waals surface area contributed by atoms with Crippen molar-refractivity contribution >= 4 is 5.97 Å². The summed E-state index contributed by atoms with van der Waals surface area (Å²) in [6.07, 6.45) is 11.1. The van der Waals surface area contributed by atoms with E-state index in [1.54, 1.807) is 0 Å². The second kappa shape index (κ2) is 16.4. The van der Waals surface area contributed by atoms with Gasteiger partial charge in [0.25, 0.3) is 0 Å². The van der Waals surface area contributed by atoms with Gasteiger partial charge in [-0.05, 0) is 37.0 Å². The second-order valence-electron chi connectivity index (χ2n) is 10.4. The summed E-state index contributed by atoms with van der Waals surface area (Å²) in [7, 11) is 4.34. The van der Waals surface area contributed by atoms with Crippen molar-refractivity contribution in [2.45, 2.75) is 78.2 Å². The molecule has 1 atom stereocenters. The van der Waals surface area contributed by atoms with Crippen molar-refractivity contribution in [3.05, 3.63) is 65.7 Å². The summed E-state index contributed by atoms with van der Waals surface area (Å²) in [4.78, 5) is 12.7. The number of nitrogens with zero attached hydrogens (tertiary/aromatic N) is 1. The zero-order valence-electron chi connectivity index (χ0n) is 22.6.